The molecular formula is C17H11ClFN3. The van der Waals surface area contributed by atoms with Gasteiger partial charge in [0.2, 0.25) is 0 Å². The normalized spacial score (nSPS) is 13.1. The molecule has 0 amide bonds. The van der Waals surface area contributed by atoms with E-state index in [1.165, 1.54) is 6.07 Å². The zero-order valence-corrected chi connectivity index (χ0v) is 12.3. The quantitative estimate of drug-likeness (QED) is 0.667. The van der Waals surface area contributed by atoms with Gasteiger partial charge in [-0.05, 0) is 36.4 Å². The van der Waals surface area contributed by atoms with E-state index in [1.54, 1.807) is 36.5 Å². The molecule has 1 aliphatic rings. The van der Waals surface area contributed by atoms with Crippen LogP contribution in [-0.4, -0.2) is 15.5 Å². The van der Waals surface area contributed by atoms with E-state index in [1.807, 2.05) is 16.8 Å². The lowest BCUT2D eigenvalue weighted by Gasteiger charge is -2.12. The first-order valence-corrected chi connectivity index (χ1v) is 7.24. The number of halogens is 2. The van der Waals surface area contributed by atoms with Gasteiger partial charge in [-0.25, -0.2) is 9.07 Å². The molecule has 3 nitrogen and oxygen atoms in total. The van der Waals surface area contributed by atoms with Gasteiger partial charge in [0, 0.05) is 22.3 Å². The summed E-state index contributed by atoms with van der Waals surface area (Å²) in [6.07, 6.45) is 1.73. The van der Waals surface area contributed by atoms with Crippen molar-refractivity contribution in [3.8, 4) is 5.69 Å². The first-order valence-electron chi connectivity index (χ1n) is 6.86. The molecule has 22 heavy (non-hydrogen) atoms. The number of nitrogens with zero attached hydrogens (tertiary/aromatic N) is 3. The van der Waals surface area contributed by atoms with Crippen molar-refractivity contribution in [1.29, 1.82) is 0 Å². The Morgan fingerprint density at radius 3 is 2.77 bits per heavy atom. The lowest BCUT2D eigenvalue weighted by Crippen LogP contribution is -2.09. The highest BCUT2D eigenvalue weighted by Gasteiger charge is 2.21. The predicted molar refractivity (Wildman–Crippen MR) is 84.3 cm³/mol. The smallest absolute Gasteiger partial charge is 0.132 e. The Kier molecular flexibility index (Phi) is 3.05. The van der Waals surface area contributed by atoms with Crippen LogP contribution in [0.1, 0.15) is 16.8 Å². The maximum absolute atomic E-state index is 14.2. The highest BCUT2D eigenvalue weighted by molar-refractivity contribution is 6.31. The molecule has 4 rings (SSSR count). The SMILES string of the molecule is Fc1ccccc1C1=NCc2ccnn2-c2ccc(Cl)cc21. The van der Waals surface area contributed by atoms with Crippen LogP contribution in [0.25, 0.3) is 5.69 Å². The van der Waals surface area contributed by atoms with E-state index in [0.717, 1.165) is 16.9 Å². The third-order valence-corrected chi connectivity index (χ3v) is 3.93. The molecule has 0 spiro atoms. The highest BCUT2D eigenvalue weighted by atomic mass is 35.5. The van der Waals surface area contributed by atoms with Crippen LogP contribution < -0.4 is 0 Å². The van der Waals surface area contributed by atoms with Gasteiger partial charge in [0.25, 0.3) is 0 Å². The maximum Gasteiger partial charge on any atom is 0.132 e. The lowest BCUT2D eigenvalue weighted by molar-refractivity contribution is 0.625. The molecule has 0 atom stereocenters. The van der Waals surface area contributed by atoms with Crippen LogP contribution >= 0.6 is 11.6 Å². The number of fused-ring (bicyclic) bond motifs is 3. The van der Waals surface area contributed by atoms with Gasteiger partial charge in [0.15, 0.2) is 0 Å². The van der Waals surface area contributed by atoms with E-state index in [2.05, 4.69) is 10.1 Å². The van der Waals surface area contributed by atoms with Crippen molar-refractivity contribution in [3.05, 3.63) is 82.4 Å². The van der Waals surface area contributed by atoms with Crippen molar-refractivity contribution in [1.82, 2.24) is 9.78 Å². The van der Waals surface area contributed by atoms with Crippen molar-refractivity contribution in [2.75, 3.05) is 0 Å². The summed E-state index contributed by atoms with van der Waals surface area (Å²) < 4.78 is 16.0. The molecule has 0 radical (unpaired) electrons. The number of aromatic nitrogens is 2. The van der Waals surface area contributed by atoms with Crippen molar-refractivity contribution >= 4 is 17.3 Å². The molecule has 1 aromatic heterocycles. The van der Waals surface area contributed by atoms with E-state index in [4.69, 9.17) is 11.6 Å². The van der Waals surface area contributed by atoms with E-state index < -0.39 is 0 Å². The molecule has 0 saturated heterocycles. The van der Waals surface area contributed by atoms with Gasteiger partial charge in [0.1, 0.15) is 5.82 Å². The van der Waals surface area contributed by atoms with E-state index in [9.17, 15) is 4.39 Å². The summed E-state index contributed by atoms with van der Waals surface area (Å²) >= 11 is 6.15. The van der Waals surface area contributed by atoms with Gasteiger partial charge >= 0.3 is 0 Å². The Balaban J connectivity index is 2.01. The van der Waals surface area contributed by atoms with Gasteiger partial charge in [-0.15, -0.1) is 0 Å². The first-order chi connectivity index (χ1) is 10.7. The Morgan fingerprint density at radius 1 is 1.05 bits per heavy atom. The van der Waals surface area contributed by atoms with Crippen LogP contribution in [0, 0.1) is 5.82 Å². The van der Waals surface area contributed by atoms with Crippen LogP contribution in [0.5, 0.6) is 0 Å². The zero-order valence-electron chi connectivity index (χ0n) is 11.5. The molecule has 3 aromatic rings. The minimum Gasteiger partial charge on any atom is -0.278 e. The van der Waals surface area contributed by atoms with Crippen LogP contribution in [0.2, 0.25) is 5.02 Å². The molecule has 2 aromatic carbocycles. The molecule has 0 bridgehead atoms. The van der Waals surface area contributed by atoms with Crippen molar-refractivity contribution < 1.29 is 4.39 Å². The number of rotatable bonds is 1. The number of benzene rings is 2. The summed E-state index contributed by atoms with van der Waals surface area (Å²) in [5.74, 6) is -0.299. The lowest BCUT2D eigenvalue weighted by atomic mass is 10.00. The minimum atomic E-state index is -0.299. The van der Waals surface area contributed by atoms with Crippen molar-refractivity contribution in [2.45, 2.75) is 6.54 Å². The molecule has 0 unspecified atom stereocenters. The standard InChI is InChI=1S/C17H11ClFN3/c18-11-5-6-16-14(9-11)17(13-3-1-2-4-15(13)19)20-10-12-7-8-21-22(12)16/h1-9H,10H2. The number of aliphatic imine (C=N–C) groups is 1. The summed E-state index contributed by atoms with van der Waals surface area (Å²) in [6.45, 7) is 0.440. The molecule has 108 valence electrons. The Bertz CT molecular complexity index is 898. The van der Waals surface area contributed by atoms with Gasteiger partial charge < -0.3 is 0 Å². The Morgan fingerprint density at radius 2 is 1.91 bits per heavy atom. The monoisotopic (exact) mass is 311 g/mol. The van der Waals surface area contributed by atoms with E-state index in [-0.39, 0.29) is 5.82 Å². The maximum atomic E-state index is 14.2. The summed E-state index contributed by atoms with van der Waals surface area (Å²) in [6, 6.07) is 14.0. The van der Waals surface area contributed by atoms with Crippen LogP contribution in [-0.2, 0) is 6.54 Å². The molecule has 0 saturated carbocycles. The average molecular weight is 312 g/mol. The summed E-state index contributed by atoms with van der Waals surface area (Å²) in [5.41, 5.74) is 3.65. The molecule has 0 fully saturated rings. The number of hydrogen-bond acceptors (Lipinski definition) is 2. The second-order valence-electron chi connectivity index (χ2n) is 5.04. The molecule has 1 aliphatic heterocycles. The van der Waals surface area contributed by atoms with Gasteiger partial charge in [-0.3, -0.25) is 4.99 Å². The van der Waals surface area contributed by atoms with Gasteiger partial charge in [-0.2, -0.15) is 5.10 Å². The fraction of sp³-hybridized carbons (Fsp3) is 0.0588. The fourth-order valence-electron chi connectivity index (χ4n) is 2.68. The van der Waals surface area contributed by atoms with Gasteiger partial charge in [-0.1, -0.05) is 23.7 Å². The summed E-state index contributed by atoms with van der Waals surface area (Å²) in [4.78, 5) is 4.61. The molecule has 0 aliphatic carbocycles. The second-order valence-corrected chi connectivity index (χ2v) is 5.48. The molecule has 2 heterocycles. The number of hydrogen-bond donors (Lipinski definition) is 0. The van der Waals surface area contributed by atoms with E-state index >= 15 is 0 Å². The molecular weight excluding hydrogens is 301 g/mol. The first kappa shape index (κ1) is 13.2. The van der Waals surface area contributed by atoms with Crippen LogP contribution in [0.4, 0.5) is 4.39 Å². The van der Waals surface area contributed by atoms with Crippen LogP contribution in [0.15, 0.2) is 59.7 Å². The third-order valence-electron chi connectivity index (χ3n) is 3.69. The largest absolute Gasteiger partial charge is 0.278 e. The highest BCUT2D eigenvalue weighted by Crippen LogP contribution is 2.27. The Hall–Kier alpha value is -2.46. The van der Waals surface area contributed by atoms with Crippen LogP contribution in [0.3, 0.4) is 0 Å². The summed E-state index contributed by atoms with van der Waals surface area (Å²) in [7, 11) is 0. The molecule has 0 N–H and O–H groups in total. The second kappa shape index (κ2) is 5.07. The van der Waals surface area contributed by atoms with Crippen molar-refractivity contribution in [2.24, 2.45) is 4.99 Å². The predicted octanol–water partition coefficient (Wildman–Crippen LogP) is 4.02. The topological polar surface area (TPSA) is 30.2 Å². The fourth-order valence-corrected chi connectivity index (χ4v) is 2.85. The average Bonchev–Trinajstić information content (AvgIpc) is 2.92. The Labute approximate surface area is 131 Å². The third kappa shape index (κ3) is 2.04. The van der Waals surface area contributed by atoms with E-state index in [0.29, 0.717) is 22.8 Å². The zero-order chi connectivity index (χ0) is 15.1. The minimum absolute atomic E-state index is 0.299. The van der Waals surface area contributed by atoms with Crippen molar-refractivity contribution in [3.63, 3.8) is 0 Å². The summed E-state index contributed by atoms with van der Waals surface area (Å²) in [5, 5.41) is 4.93. The molecule has 5 heteroatoms. The van der Waals surface area contributed by atoms with Gasteiger partial charge in [0.05, 0.1) is 23.6 Å².